The number of hydrogen-bond acceptors (Lipinski definition) is 5. The molecule has 24 heavy (non-hydrogen) atoms. The van der Waals surface area contributed by atoms with Crippen LogP contribution in [0.1, 0.15) is 26.3 Å². The van der Waals surface area contributed by atoms with E-state index in [0.717, 1.165) is 10.5 Å². The van der Waals surface area contributed by atoms with Crippen LogP contribution < -0.4 is 5.32 Å². The van der Waals surface area contributed by atoms with Crippen molar-refractivity contribution in [1.82, 2.24) is 10.2 Å². The quantitative estimate of drug-likeness (QED) is 0.911. The zero-order chi connectivity index (χ0) is 17.7. The Labute approximate surface area is 140 Å². The van der Waals surface area contributed by atoms with Crippen LogP contribution in [0.3, 0.4) is 0 Å². The summed E-state index contributed by atoms with van der Waals surface area (Å²) in [5, 5.41) is 2.56. The predicted octanol–water partition coefficient (Wildman–Crippen LogP) is 2.10. The van der Waals surface area contributed by atoms with Gasteiger partial charge in [-0.3, -0.25) is 4.79 Å². The highest BCUT2D eigenvalue weighted by molar-refractivity contribution is 5.97. The van der Waals surface area contributed by atoms with E-state index in [1.54, 1.807) is 20.8 Å². The molecule has 1 fully saturated rings. The molecule has 0 aromatic heterocycles. The Morgan fingerprint density at radius 2 is 1.96 bits per heavy atom. The molecule has 1 aromatic rings. The molecule has 1 N–H and O–H groups in total. The minimum absolute atomic E-state index is 0.162. The number of cyclic esters (lactones) is 1. The van der Waals surface area contributed by atoms with Gasteiger partial charge in [0.15, 0.2) is 0 Å². The lowest BCUT2D eigenvalue weighted by Crippen LogP contribution is -2.51. The van der Waals surface area contributed by atoms with E-state index in [1.807, 2.05) is 30.3 Å². The van der Waals surface area contributed by atoms with Crippen LogP contribution in [-0.2, 0) is 20.7 Å². The number of benzene rings is 1. The van der Waals surface area contributed by atoms with E-state index in [1.165, 1.54) is 0 Å². The van der Waals surface area contributed by atoms with E-state index in [2.05, 4.69) is 5.32 Å². The summed E-state index contributed by atoms with van der Waals surface area (Å²) < 4.78 is 10.0. The predicted molar refractivity (Wildman–Crippen MR) is 86.4 cm³/mol. The average molecular weight is 334 g/mol. The molecule has 130 valence electrons. The lowest BCUT2D eigenvalue weighted by Gasteiger charge is -2.24. The minimum atomic E-state index is -0.909. The monoisotopic (exact) mass is 334 g/mol. The third kappa shape index (κ3) is 4.97. The van der Waals surface area contributed by atoms with E-state index in [-0.39, 0.29) is 19.6 Å². The van der Waals surface area contributed by atoms with Gasteiger partial charge in [0.25, 0.3) is 5.91 Å². The fourth-order valence-corrected chi connectivity index (χ4v) is 2.28. The molecule has 0 spiro atoms. The lowest BCUT2D eigenvalue weighted by molar-refractivity contribution is -0.130. The molecule has 0 radical (unpaired) electrons. The first-order valence-corrected chi connectivity index (χ1v) is 7.78. The maximum Gasteiger partial charge on any atom is 0.416 e. The SMILES string of the molecule is CC(C)(C)OC(=O)N[C@@H](Cc1ccccc1)C(=O)N1CCOC1=O. The van der Waals surface area contributed by atoms with Crippen LogP contribution in [0.4, 0.5) is 9.59 Å². The molecule has 1 aliphatic heterocycles. The fourth-order valence-electron chi connectivity index (χ4n) is 2.28. The Hall–Kier alpha value is -2.57. The summed E-state index contributed by atoms with van der Waals surface area (Å²) >= 11 is 0. The number of rotatable bonds is 4. The van der Waals surface area contributed by atoms with Gasteiger partial charge >= 0.3 is 12.2 Å². The van der Waals surface area contributed by atoms with Crippen molar-refractivity contribution in [1.29, 1.82) is 0 Å². The Bertz CT molecular complexity index is 609. The highest BCUT2D eigenvalue weighted by Crippen LogP contribution is 2.12. The van der Waals surface area contributed by atoms with Gasteiger partial charge in [0.05, 0.1) is 6.54 Å². The summed E-state index contributed by atoms with van der Waals surface area (Å²) in [6.45, 7) is 5.54. The molecular formula is C17H22N2O5. The topological polar surface area (TPSA) is 84.9 Å². The van der Waals surface area contributed by atoms with Crippen LogP contribution in [0.5, 0.6) is 0 Å². The number of nitrogens with zero attached hydrogens (tertiary/aromatic N) is 1. The summed E-state index contributed by atoms with van der Waals surface area (Å²) in [5.41, 5.74) is 0.177. The summed E-state index contributed by atoms with van der Waals surface area (Å²) in [6.07, 6.45) is -1.14. The van der Waals surface area contributed by atoms with Gasteiger partial charge in [0.1, 0.15) is 18.2 Å². The van der Waals surface area contributed by atoms with Gasteiger partial charge in [-0.25, -0.2) is 14.5 Å². The highest BCUT2D eigenvalue weighted by atomic mass is 16.6. The molecule has 2 rings (SSSR count). The summed E-state index contributed by atoms with van der Waals surface area (Å²) in [6, 6.07) is 8.33. The molecule has 1 aliphatic rings. The van der Waals surface area contributed by atoms with Gasteiger partial charge in [0.2, 0.25) is 0 Å². The van der Waals surface area contributed by atoms with Crippen LogP contribution in [-0.4, -0.2) is 47.8 Å². The zero-order valence-corrected chi connectivity index (χ0v) is 14.1. The van der Waals surface area contributed by atoms with E-state index < -0.39 is 29.7 Å². The number of hydrogen-bond donors (Lipinski definition) is 1. The molecule has 0 aliphatic carbocycles. The Kier molecular flexibility index (Phi) is 5.43. The van der Waals surface area contributed by atoms with Crippen molar-refractivity contribution in [2.24, 2.45) is 0 Å². The van der Waals surface area contributed by atoms with Crippen molar-refractivity contribution in [3.63, 3.8) is 0 Å². The van der Waals surface area contributed by atoms with E-state index in [4.69, 9.17) is 9.47 Å². The first kappa shape index (κ1) is 17.8. The number of nitrogens with one attached hydrogen (secondary N) is 1. The number of carbonyl (C=O) groups is 3. The maximum atomic E-state index is 12.6. The van der Waals surface area contributed by atoms with Crippen LogP contribution in [0.2, 0.25) is 0 Å². The molecule has 1 saturated heterocycles. The van der Waals surface area contributed by atoms with Crippen molar-refractivity contribution in [2.45, 2.75) is 38.8 Å². The second kappa shape index (κ2) is 7.33. The van der Waals surface area contributed by atoms with Gasteiger partial charge in [0, 0.05) is 6.42 Å². The van der Waals surface area contributed by atoms with Crippen molar-refractivity contribution < 1.29 is 23.9 Å². The molecule has 0 saturated carbocycles. The molecule has 1 atom stereocenters. The summed E-state index contributed by atoms with van der Waals surface area (Å²) in [5.74, 6) is -0.507. The van der Waals surface area contributed by atoms with Crippen LogP contribution in [0.15, 0.2) is 30.3 Å². The first-order chi connectivity index (χ1) is 11.3. The van der Waals surface area contributed by atoms with Crippen LogP contribution in [0.25, 0.3) is 0 Å². The number of amides is 3. The third-order valence-corrected chi connectivity index (χ3v) is 3.30. The summed E-state index contributed by atoms with van der Waals surface area (Å²) in [7, 11) is 0. The van der Waals surface area contributed by atoms with Crippen molar-refractivity contribution >= 4 is 18.1 Å². The zero-order valence-electron chi connectivity index (χ0n) is 14.1. The van der Waals surface area contributed by atoms with Crippen molar-refractivity contribution in [3.8, 4) is 0 Å². The molecule has 1 heterocycles. The second-order valence-corrected chi connectivity index (χ2v) is 6.49. The van der Waals surface area contributed by atoms with Gasteiger partial charge in [-0.2, -0.15) is 0 Å². The number of carbonyl (C=O) groups excluding carboxylic acids is 3. The van der Waals surface area contributed by atoms with E-state index >= 15 is 0 Å². The van der Waals surface area contributed by atoms with E-state index in [9.17, 15) is 14.4 Å². The van der Waals surface area contributed by atoms with Crippen LogP contribution in [0, 0.1) is 0 Å². The number of imide groups is 1. The Balaban J connectivity index is 2.13. The van der Waals surface area contributed by atoms with Gasteiger partial charge < -0.3 is 14.8 Å². The molecule has 1 aromatic carbocycles. The largest absolute Gasteiger partial charge is 0.447 e. The number of ether oxygens (including phenoxy) is 2. The fraction of sp³-hybridized carbons (Fsp3) is 0.471. The summed E-state index contributed by atoms with van der Waals surface area (Å²) in [4.78, 5) is 37.3. The Morgan fingerprint density at radius 1 is 1.29 bits per heavy atom. The van der Waals surface area contributed by atoms with Gasteiger partial charge in [-0.05, 0) is 26.3 Å². The Morgan fingerprint density at radius 3 is 2.50 bits per heavy atom. The molecule has 0 unspecified atom stereocenters. The van der Waals surface area contributed by atoms with Crippen LogP contribution >= 0.6 is 0 Å². The van der Waals surface area contributed by atoms with Gasteiger partial charge in [-0.15, -0.1) is 0 Å². The molecule has 7 heteroatoms. The van der Waals surface area contributed by atoms with Crippen molar-refractivity contribution in [2.75, 3.05) is 13.2 Å². The van der Waals surface area contributed by atoms with Crippen molar-refractivity contribution in [3.05, 3.63) is 35.9 Å². The lowest BCUT2D eigenvalue weighted by atomic mass is 10.0. The standard InChI is InChI=1S/C17H22N2O5/c1-17(2,3)24-15(21)18-13(11-12-7-5-4-6-8-12)14(20)19-9-10-23-16(19)22/h4-8,13H,9-11H2,1-3H3,(H,18,21)/t13-/m0/s1. The normalized spacial score (nSPS) is 15.6. The second-order valence-electron chi connectivity index (χ2n) is 6.49. The smallest absolute Gasteiger partial charge is 0.416 e. The average Bonchev–Trinajstić information content (AvgIpc) is 2.91. The molecular weight excluding hydrogens is 312 g/mol. The van der Waals surface area contributed by atoms with E-state index in [0.29, 0.717) is 0 Å². The maximum absolute atomic E-state index is 12.6. The molecule has 0 bridgehead atoms. The molecule has 7 nitrogen and oxygen atoms in total. The number of alkyl carbamates (subject to hydrolysis) is 1. The molecule has 3 amide bonds. The minimum Gasteiger partial charge on any atom is -0.447 e. The third-order valence-electron chi connectivity index (χ3n) is 3.30. The highest BCUT2D eigenvalue weighted by Gasteiger charge is 2.35. The van der Waals surface area contributed by atoms with Gasteiger partial charge in [-0.1, -0.05) is 30.3 Å². The first-order valence-electron chi connectivity index (χ1n) is 7.78.